The lowest BCUT2D eigenvalue weighted by molar-refractivity contribution is -0.119. The molecule has 2 aliphatic rings. The molecule has 2 rings (SSSR count). The molecule has 0 radical (unpaired) electrons. The highest BCUT2D eigenvalue weighted by molar-refractivity contribution is 5.93. The van der Waals surface area contributed by atoms with Crippen molar-refractivity contribution in [2.75, 3.05) is 0 Å². The van der Waals surface area contributed by atoms with Gasteiger partial charge >= 0.3 is 0 Å². The Hall–Kier alpha value is -0.660. The largest absolute Gasteiger partial charge is 0.299 e. The molecule has 0 aliphatic heterocycles. The maximum Gasteiger partial charge on any atom is 0.138 e. The van der Waals surface area contributed by atoms with Gasteiger partial charge in [-0.05, 0) is 32.1 Å². The van der Waals surface area contributed by atoms with Crippen LogP contribution in [0.2, 0.25) is 0 Å². The summed E-state index contributed by atoms with van der Waals surface area (Å²) in [6, 6.07) is 0.502. The van der Waals surface area contributed by atoms with E-state index < -0.39 is 0 Å². The molecule has 0 N–H and O–H groups in total. The molecule has 19 heavy (non-hydrogen) atoms. The molecule has 108 valence electrons. The first-order chi connectivity index (χ1) is 9.25. The molecule has 0 aromatic rings. The minimum atomic E-state index is 0.0880. The van der Waals surface area contributed by atoms with Crippen LogP contribution in [0, 0.1) is 11.8 Å². The van der Waals surface area contributed by atoms with E-state index >= 15 is 0 Å². The standard InChI is InChI=1S/C17H29NO/c1-14(19)16(12-15-8-4-2-5-9-15)13-18-17-10-6-3-7-11-17/h13,15-17H,2-12H2,1H3. The van der Waals surface area contributed by atoms with Gasteiger partial charge in [0.1, 0.15) is 5.78 Å². The molecular weight excluding hydrogens is 234 g/mol. The number of nitrogens with zero attached hydrogens (tertiary/aromatic N) is 1. The third-order valence-corrected chi connectivity index (χ3v) is 4.89. The normalized spacial score (nSPS) is 24.7. The Kier molecular flexibility index (Phi) is 6.06. The van der Waals surface area contributed by atoms with Gasteiger partial charge < -0.3 is 0 Å². The van der Waals surface area contributed by atoms with Crippen LogP contribution in [-0.2, 0) is 4.79 Å². The number of carbonyl (C=O) groups excluding carboxylic acids is 1. The van der Waals surface area contributed by atoms with Crippen LogP contribution in [0.25, 0.3) is 0 Å². The highest BCUT2D eigenvalue weighted by Crippen LogP contribution is 2.29. The second kappa shape index (κ2) is 7.81. The minimum absolute atomic E-state index is 0.0880. The maximum atomic E-state index is 11.8. The van der Waals surface area contributed by atoms with Crippen LogP contribution in [0.5, 0.6) is 0 Å². The fourth-order valence-corrected chi connectivity index (χ4v) is 3.57. The molecule has 0 saturated heterocycles. The molecule has 0 aromatic carbocycles. The van der Waals surface area contributed by atoms with Gasteiger partial charge in [0.05, 0.1) is 5.92 Å². The van der Waals surface area contributed by atoms with Gasteiger partial charge in [-0.2, -0.15) is 0 Å². The second-order valence-electron chi connectivity index (χ2n) is 6.55. The van der Waals surface area contributed by atoms with Crippen molar-refractivity contribution >= 4 is 12.0 Å². The van der Waals surface area contributed by atoms with Crippen LogP contribution in [-0.4, -0.2) is 18.0 Å². The number of hydrogen-bond donors (Lipinski definition) is 0. The topological polar surface area (TPSA) is 29.4 Å². The fourth-order valence-electron chi connectivity index (χ4n) is 3.57. The van der Waals surface area contributed by atoms with Gasteiger partial charge in [0.25, 0.3) is 0 Å². The summed E-state index contributed by atoms with van der Waals surface area (Å²) < 4.78 is 0. The lowest BCUT2D eigenvalue weighted by Crippen LogP contribution is -2.20. The Labute approximate surface area is 118 Å². The summed E-state index contributed by atoms with van der Waals surface area (Å²) in [4.78, 5) is 16.5. The van der Waals surface area contributed by atoms with Crippen molar-refractivity contribution in [2.24, 2.45) is 16.8 Å². The summed E-state index contributed by atoms with van der Waals surface area (Å²) in [5.41, 5.74) is 0. The summed E-state index contributed by atoms with van der Waals surface area (Å²) in [5.74, 6) is 1.16. The molecule has 2 heteroatoms. The highest BCUT2D eigenvalue weighted by Gasteiger charge is 2.21. The quantitative estimate of drug-likeness (QED) is 0.668. The van der Waals surface area contributed by atoms with Crippen LogP contribution in [0.4, 0.5) is 0 Å². The van der Waals surface area contributed by atoms with Crippen molar-refractivity contribution < 1.29 is 4.79 Å². The monoisotopic (exact) mass is 263 g/mol. The minimum Gasteiger partial charge on any atom is -0.299 e. The van der Waals surface area contributed by atoms with Crippen molar-refractivity contribution in [3.05, 3.63) is 0 Å². The summed E-state index contributed by atoms with van der Waals surface area (Å²) in [5, 5.41) is 0. The van der Waals surface area contributed by atoms with Crippen molar-refractivity contribution in [1.29, 1.82) is 0 Å². The molecule has 2 nitrogen and oxygen atoms in total. The molecule has 0 amide bonds. The van der Waals surface area contributed by atoms with Gasteiger partial charge in [0.15, 0.2) is 0 Å². The molecule has 1 atom stereocenters. The zero-order valence-electron chi connectivity index (χ0n) is 12.4. The summed E-state index contributed by atoms with van der Waals surface area (Å²) >= 11 is 0. The van der Waals surface area contributed by atoms with Crippen molar-refractivity contribution in [2.45, 2.75) is 83.6 Å². The third kappa shape index (κ3) is 5.08. The number of rotatable bonds is 5. The average Bonchev–Trinajstić information content (AvgIpc) is 2.45. The third-order valence-electron chi connectivity index (χ3n) is 4.89. The van der Waals surface area contributed by atoms with E-state index in [0.717, 1.165) is 12.3 Å². The Morgan fingerprint density at radius 1 is 1.05 bits per heavy atom. The zero-order valence-corrected chi connectivity index (χ0v) is 12.4. The van der Waals surface area contributed by atoms with Gasteiger partial charge in [-0.3, -0.25) is 9.79 Å². The number of Topliss-reactive ketones (excluding diaryl/α,β-unsaturated/α-hetero) is 1. The molecule has 0 aromatic heterocycles. The Morgan fingerprint density at radius 2 is 1.63 bits per heavy atom. The summed E-state index contributed by atoms with van der Waals surface area (Å²) in [7, 11) is 0. The molecular formula is C17H29NO. The van der Waals surface area contributed by atoms with Crippen molar-refractivity contribution in [3.63, 3.8) is 0 Å². The van der Waals surface area contributed by atoms with Gasteiger partial charge in [-0.15, -0.1) is 0 Å². The average molecular weight is 263 g/mol. The van der Waals surface area contributed by atoms with Crippen molar-refractivity contribution in [1.82, 2.24) is 0 Å². The van der Waals surface area contributed by atoms with Crippen LogP contribution in [0.15, 0.2) is 4.99 Å². The van der Waals surface area contributed by atoms with E-state index in [2.05, 4.69) is 0 Å². The van der Waals surface area contributed by atoms with Crippen molar-refractivity contribution in [3.8, 4) is 0 Å². The summed E-state index contributed by atoms with van der Waals surface area (Å²) in [6.45, 7) is 1.74. The number of aliphatic imine (C=N–C) groups is 1. The number of carbonyl (C=O) groups is 1. The maximum absolute atomic E-state index is 11.8. The van der Waals surface area contributed by atoms with E-state index in [1.54, 1.807) is 6.92 Å². The fraction of sp³-hybridized carbons (Fsp3) is 0.882. The lowest BCUT2D eigenvalue weighted by Gasteiger charge is -2.24. The first kappa shape index (κ1) is 14.7. The summed E-state index contributed by atoms with van der Waals surface area (Å²) in [6.07, 6.45) is 16.2. The Balaban J connectivity index is 1.84. The first-order valence-electron chi connectivity index (χ1n) is 8.29. The SMILES string of the molecule is CC(=O)C(C=NC1CCCCC1)CC1CCCCC1. The Morgan fingerprint density at radius 3 is 2.21 bits per heavy atom. The first-order valence-corrected chi connectivity index (χ1v) is 8.29. The van der Waals surface area contributed by atoms with E-state index in [1.807, 2.05) is 6.21 Å². The lowest BCUT2D eigenvalue weighted by atomic mass is 9.82. The molecule has 0 bridgehead atoms. The smallest absolute Gasteiger partial charge is 0.138 e. The molecule has 2 saturated carbocycles. The van der Waals surface area contributed by atoms with E-state index in [4.69, 9.17) is 4.99 Å². The highest BCUT2D eigenvalue weighted by atomic mass is 16.1. The van der Waals surface area contributed by atoms with E-state index in [9.17, 15) is 4.79 Å². The molecule has 2 fully saturated rings. The second-order valence-corrected chi connectivity index (χ2v) is 6.55. The van der Waals surface area contributed by atoms with Crippen LogP contribution in [0.1, 0.15) is 77.6 Å². The van der Waals surface area contributed by atoms with Crippen LogP contribution < -0.4 is 0 Å². The molecule has 1 unspecified atom stereocenters. The van der Waals surface area contributed by atoms with Gasteiger partial charge in [0, 0.05) is 12.3 Å². The van der Waals surface area contributed by atoms with E-state index in [-0.39, 0.29) is 5.92 Å². The van der Waals surface area contributed by atoms with Gasteiger partial charge in [-0.25, -0.2) is 0 Å². The predicted octanol–water partition coefficient (Wildman–Crippen LogP) is 4.57. The zero-order chi connectivity index (χ0) is 13.5. The molecule has 2 aliphatic carbocycles. The Bertz CT molecular complexity index is 298. The van der Waals surface area contributed by atoms with Gasteiger partial charge in [0.2, 0.25) is 0 Å². The number of ketones is 1. The van der Waals surface area contributed by atoms with E-state index in [1.165, 1.54) is 64.2 Å². The van der Waals surface area contributed by atoms with Crippen LogP contribution in [0.3, 0.4) is 0 Å². The van der Waals surface area contributed by atoms with Gasteiger partial charge in [-0.1, -0.05) is 51.4 Å². The molecule has 0 spiro atoms. The van der Waals surface area contributed by atoms with Crippen LogP contribution >= 0.6 is 0 Å². The molecule has 0 heterocycles. The predicted molar refractivity (Wildman–Crippen MR) is 80.7 cm³/mol. The number of hydrogen-bond acceptors (Lipinski definition) is 2. The van der Waals surface area contributed by atoms with E-state index in [0.29, 0.717) is 11.8 Å².